The van der Waals surface area contributed by atoms with E-state index < -0.39 is 5.91 Å². The van der Waals surface area contributed by atoms with E-state index in [1.807, 2.05) is 30.3 Å². The predicted octanol–water partition coefficient (Wildman–Crippen LogP) is 2.00. The first-order valence-corrected chi connectivity index (χ1v) is 7.84. The monoisotopic (exact) mass is 334 g/mol. The Morgan fingerprint density at radius 3 is 2.56 bits per heavy atom. The van der Waals surface area contributed by atoms with Crippen LogP contribution in [0.3, 0.4) is 0 Å². The first-order valence-electron chi connectivity index (χ1n) is 7.84. The van der Waals surface area contributed by atoms with Crippen LogP contribution in [0.4, 0.5) is 5.69 Å². The molecular formula is C19H18N4O2. The molecule has 2 heterocycles. The molecule has 0 spiro atoms. The van der Waals surface area contributed by atoms with Gasteiger partial charge in [-0.3, -0.25) is 14.6 Å². The van der Waals surface area contributed by atoms with Crippen LogP contribution in [0, 0.1) is 0 Å². The largest absolute Gasteiger partial charge is 0.380 e. The fourth-order valence-corrected chi connectivity index (χ4v) is 2.49. The van der Waals surface area contributed by atoms with Crippen molar-refractivity contribution in [2.24, 2.45) is 5.73 Å². The second-order valence-electron chi connectivity index (χ2n) is 5.62. The number of primary amides is 1. The molecule has 0 atom stereocenters. The average molecular weight is 334 g/mol. The van der Waals surface area contributed by atoms with E-state index in [0.29, 0.717) is 24.3 Å². The number of carbonyl (C=O) groups is 1. The number of aromatic nitrogens is 2. The summed E-state index contributed by atoms with van der Waals surface area (Å²) in [6.45, 7) is 1.08. The highest BCUT2D eigenvalue weighted by atomic mass is 16.1. The zero-order valence-electron chi connectivity index (χ0n) is 13.6. The number of hydrogen-bond donors (Lipinski definition) is 2. The summed E-state index contributed by atoms with van der Waals surface area (Å²) in [5, 5.41) is 3.19. The van der Waals surface area contributed by atoms with Gasteiger partial charge in [0.25, 0.3) is 11.5 Å². The number of amides is 1. The molecule has 3 N–H and O–H groups in total. The molecule has 3 rings (SSSR count). The maximum Gasteiger partial charge on any atom is 0.252 e. The lowest BCUT2D eigenvalue weighted by Crippen LogP contribution is -2.18. The Bertz CT molecular complexity index is 932. The van der Waals surface area contributed by atoms with Gasteiger partial charge in [-0.1, -0.05) is 30.3 Å². The number of nitrogens with zero attached hydrogens (tertiary/aromatic N) is 2. The molecule has 6 nitrogen and oxygen atoms in total. The molecule has 0 aliphatic rings. The first kappa shape index (κ1) is 16.4. The zero-order valence-corrected chi connectivity index (χ0v) is 13.6. The van der Waals surface area contributed by atoms with Crippen LogP contribution in [-0.2, 0) is 13.1 Å². The molecule has 1 amide bonds. The summed E-state index contributed by atoms with van der Waals surface area (Å²) in [5.41, 5.74) is 8.43. The number of anilines is 1. The van der Waals surface area contributed by atoms with Gasteiger partial charge < -0.3 is 15.6 Å². The maximum absolute atomic E-state index is 11.7. The van der Waals surface area contributed by atoms with Crippen LogP contribution in [-0.4, -0.2) is 15.5 Å². The lowest BCUT2D eigenvalue weighted by Gasteiger charge is -2.10. The van der Waals surface area contributed by atoms with Crippen LogP contribution in [0.25, 0.3) is 0 Å². The van der Waals surface area contributed by atoms with Crippen molar-refractivity contribution < 1.29 is 4.79 Å². The zero-order chi connectivity index (χ0) is 17.6. The van der Waals surface area contributed by atoms with E-state index in [1.54, 1.807) is 35.2 Å². The Balaban J connectivity index is 1.67. The maximum atomic E-state index is 11.7. The summed E-state index contributed by atoms with van der Waals surface area (Å²) in [4.78, 5) is 27.1. The van der Waals surface area contributed by atoms with Crippen LogP contribution >= 0.6 is 0 Å². The molecule has 0 aliphatic carbocycles. The third-order valence-electron chi connectivity index (χ3n) is 3.84. The van der Waals surface area contributed by atoms with Gasteiger partial charge in [0, 0.05) is 31.2 Å². The number of nitrogens with one attached hydrogen (secondary N) is 1. The molecule has 0 aliphatic heterocycles. The Morgan fingerprint density at radius 2 is 1.84 bits per heavy atom. The molecule has 0 bridgehead atoms. The minimum atomic E-state index is -0.515. The van der Waals surface area contributed by atoms with Gasteiger partial charge in [0.2, 0.25) is 0 Å². The predicted molar refractivity (Wildman–Crippen MR) is 96.3 cm³/mol. The third kappa shape index (κ3) is 4.11. The highest BCUT2D eigenvalue weighted by Gasteiger charge is 2.07. The summed E-state index contributed by atoms with van der Waals surface area (Å²) in [7, 11) is 0. The van der Waals surface area contributed by atoms with Gasteiger partial charge >= 0.3 is 0 Å². The Hall–Kier alpha value is -3.41. The van der Waals surface area contributed by atoms with Crippen LogP contribution in [0.15, 0.2) is 71.9 Å². The van der Waals surface area contributed by atoms with Crippen LogP contribution < -0.4 is 16.6 Å². The van der Waals surface area contributed by atoms with Gasteiger partial charge in [-0.25, -0.2) is 0 Å². The van der Waals surface area contributed by atoms with E-state index in [-0.39, 0.29) is 5.56 Å². The fraction of sp³-hybridized carbons (Fsp3) is 0.105. The minimum Gasteiger partial charge on any atom is -0.380 e. The average Bonchev–Trinajstić information content (AvgIpc) is 2.63. The van der Waals surface area contributed by atoms with Gasteiger partial charge in [-0.2, -0.15) is 0 Å². The standard InChI is InChI=1S/C19H18N4O2/c20-19(25)16-12-21-9-8-17(16)22-11-14-4-6-15(7-5-14)13-23-10-2-1-3-18(23)24/h1-10,12H,11,13H2,(H2,20,25)(H,21,22). The number of nitrogens with two attached hydrogens (primary N) is 1. The van der Waals surface area contributed by atoms with Crippen molar-refractivity contribution in [3.05, 3.63) is 94.2 Å². The number of hydrogen-bond acceptors (Lipinski definition) is 4. The van der Waals surface area contributed by atoms with Gasteiger partial charge in [0.1, 0.15) is 0 Å². The molecular weight excluding hydrogens is 316 g/mol. The third-order valence-corrected chi connectivity index (χ3v) is 3.84. The second kappa shape index (κ2) is 7.44. The first-order chi connectivity index (χ1) is 12.1. The molecule has 3 aromatic rings. The lowest BCUT2D eigenvalue weighted by atomic mass is 10.1. The molecule has 0 unspecified atom stereocenters. The number of rotatable bonds is 6. The molecule has 1 aromatic carbocycles. The molecule has 25 heavy (non-hydrogen) atoms. The van der Waals surface area contributed by atoms with Crippen molar-refractivity contribution in [2.75, 3.05) is 5.32 Å². The molecule has 0 radical (unpaired) electrons. The lowest BCUT2D eigenvalue weighted by molar-refractivity contribution is 0.100. The molecule has 2 aromatic heterocycles. The number of pyridine rings is 2. The smallest absolute Gasteiger partial charge is 0.252 e. The topological polar surface area (TPSA) is 90.0 Å². The van der Waals surface area contributed by atoms with Gasteiger partial charge in [-0.15, -0.1) is 0 Å². The van der Waals surface area contributed by atoms with Crippen LogP contribution in [0.5, 0.6) is 0 Å². The number of carbonyl (C=O) groups excluding carboxylic acids is 1. The van der Waals surface area contributed by atoms with E-state index in [1.165, 1.54) is 6.20 Å². The summed E-state index contributed by atoms with van der Waals surface area (Å²) in [6.07, 6.45) is 4.83. The summed E-state index contributed by atoms with van der Waals surface area (Å²) in [5.74, 6) is -0.515. The van der Waals surface area contributed by atoms with E-state index in [4.69, 9.17) is 5.73 Å². The van der Waals surface area contributed by atoms with Crippen LogP contribution in [0.2, 0.25) is 0 Å². The Kier molecular flexibility index (Phi) is 4.89. The second-order valence-corrected chi connectivity index (χ2v) is 5.62. The Morgan fingerprint density at radius 1 is 1.08 bits per heavy atom. The molecule has 126 valence electrons. The normalized spacial score (nSPS) is 10.4. The van der Waals surface area contributed by atoms with Crippen molar-refractivity contribution in [3.63, 3.8) is 0 Å². The van der Waals surface area contributed by atoms with Gasteiger partial charge in [-0.05, 0) is 23.3 Å². The highest BCUT2D eigenvalue weighted by molar-refractivity contribution is 5.98. The summed E-state index contributed by atoms with van der Waals surface area (Å²) < 4.78 is 1.66. The van der Waals surface area contributed by atoms with E-state index >= 15 is 0 Å². The Labute approximate surface area is 145 Å². The quantitative estimate of drug-likeness (QED) is 0.721. The van der Waals surface area contributed by atoms with Crippen molar-refractivity contribution in [1.29, 1.82) is 0 Å². The summed E-state index contributed by atoms with van der Waals surface area (Å²) >= 11 is 0. The molecule has 0 saturated carbocycles. The van der Waals surface area contributed by atoms with Crippen molar-refractivity contribution in [1.82, 2.24) is 9.55 Å². The molecule has 0 saturated heterocycles. The van der Waals surface area contributed by atoms with Crippen molar-refractivity contribution in [2.45, 2.75) is 13.1 Å². The van der Waals surface area contributed by atoms with E-state index in [2.05, 4.69) is 10.3 Å². The van der Waals surface area contributed by atoms with Crippen molar-refractivity contribution in [3.8, 4) is 0 Å². The van der Waals surface area contributed by atoms with Gasteiger partial charge in [0.15, 0.2) is 0 Å². The fourth-order valence-electron chi connectivity index (χ4n) is 2.49. The highest BCUT2D eigenvalue weighted by Crippen LogP contribution is 2.14. The van der Waals surface area contributed by atoms with E-state index in [9.17, 15) is 9.59 Å². The minimum absolute atomic E-state index is 0.0232. The number of benzene rings is 1. The molecule has 6 heteroatoms. The summed E-state index contributed by atoms with van der Waals surface area (Å²) in [6, 6.07) is 14.8. The van der Waals surface area contributed by atoms with E-state index in [0.717, 1.165) is 11.1 Å². The van der Waals surface area contributed by atoms with Crippen molar-refractivity contribution >= 4 is 11.6 Å². The SMILES string of the molecule is NC(=O)c1cnccc1NCc1ccc(Cn2ccccc2=O)cc1. The van der Waals surface area contributed by atoms with Crippen LogP contribution in [0.1, 0.15) is 21.5 Å². The van der Waals surface area contributed by atoms with Gasteiger partial charge in [0.05, 0.1) is 17.8 Å². The molecule has 0 fully saturated rings.